The molecule has 0 radical (unpaired) electrons. The lowest BCUT2D eigenvalue weighted by Crippen LogP contribution is -2.30. The largest absolute Gasteiger partial charge is 0.462 e. The molecule has 0 aromatic rings. The molecule has 0 aromatic carbocycles. The Morgan fingerprint density at radius 2 is 1.57 bits per heavy atom. The van der Waals surface area contributed by atoms with Crippen LogP contribution in [0.4, 0.5) is 0 Å². The quantitative estimate of drug-likeness (QED) is 0.124. The number of hydrogen-bond donors (Lipinski definition) is 4. The molecule has 0 aliphatic heterocycles. The van der Waals surface area contributed by atoms with Crippen molar-refractivity contribution in [3.8, 4) is 0 Å². The van der Waals surface area contributed by atoms with E-state index in [2.05, 4.69) is 20.1 Å². The molecule has 0 aromatic heterocycles. The van der Waals surface area contributed by atoms with Crippen molar-refractivity contribution < 1.29 is 39.5 Å². The zero-order valence-electron chi connectivity index (χ0n) is 22.7. The summed E-state index contributed by atoms with van der Waals surface area (Å²) < 4.78 is 5.01. The fourth-order valence-electron chi connectivity index (χ4n) is 4.59. The first kappa shape index (κ1) is 35.1. The lowest BCUT2D eigenvalue weighted by Gasteiger charge is -2.30. The summed E-state index contributed by atoms with van der Waals surface area (Å²) in [5.41, 5.74) is 0.237. The molecule has 2 saturated carbocycles. The number of unbranched alkanes of at least 4 members (excludes halogenated alkanes) is 2. The van der Waals surface area contributed by atoms with Crippen molar-refractivity contribution in [3.05, 3.63) is 24.3 Å². The molecule has 1 atom stereocenters. The van der Waals surface area contributed by atoms with Gasteiger partial charge < -0.3 is 30.0 Å². The predicted octanol–water partition coefficient (Wildman–Crippen LogP) is 3.54. The van der Waals surface area contributed by atoms with Gasteiger partial charge in [0.05, 0.1) is 31.5 Å². The van der Waals surface area contributed by atoms with E-state index in [0.29, 0.717) is 12.2 Å². The van der Waals surface area contributed by atoms with Crippen molar-refractivity contribution in [1.82, 2.24) is 0 Å². The topological polar surface area (TPSA) is 141 Å². The number of ether oxygens (including phenoxy) is 1. The smallest absolute Gasteiger partial charge is 0.335 e. The summed E-state index contributed by atoms with van der Waals surface area (Å²) in [7, 11) is 0. The number of carbonyl (C=O) groups excluding carboxylic acids is 3. The molecule has 0 heterocycles. The fourth-order valence-corrected chi connectivity index (χ4v) is 4.59. The minimum absolute atomic E-state index is 0.0192. The summed E-state index contributed by atoms with van der Waals surface area (Å²) in [6, 6.07) is 0. The van der Waals surface area contributed by atoms with Crippen LogP contribution in [-0.2, 0) is 19.1 Å². The monoisotopic (exact) mass is 526 g/mol. The second-order valence-corrected chi connectivity index (χ2v) is 10.2. The van der Waals surface area contributed by atoms with Crippen molar-refractivity contribution in [3.63, 3.8) is 0 Å². The second-order valence-electron chi connectivity index (χ2n) is 10.2. The van der Waals surface area contributed by atoms with Crippen LogP contribution in [0.15, 0.2) is 24.3 Å². The van der Waals surface area contributed by atoms with Crippen molar-refractivity contribution >= 4 is 18.5 Å². The fraction of sp³-hybridized carbons (Fsp3) is 0.759. The Hall–Kier alpha value is -1.87. The minimum atomic E-state index is -0.619. The van der Waals surface area contributed by atoms with Crippen LogP contribution >= 0.6 is 0 Å². The molecule has 2 aliphatic rings. The van der Waals surface area contributed by atoms with Gasteiger partial charge in [-0.15, -0.1) is 0 Å². The molecule has 2 fully saturated rings. The standard InChI is InChI=1S/C13H22O5.C12H22O.C4H6O2/c1-9(6-14)13(17)18-8-11(7-15)10-2-4-12(16)5-3-10;1-2-3-4-5-11-6-8-12(10-13)9-7-11;1-4(2-5)3-6/h10-12,14-16H,1-8H2;10-12H,2-9H2,1H3;2,6H,1,3H2. The van der Waals surface area contributed by atoms with Crippen molar-refractivity contribution in [2.75, 3.05) is 26.4 Å². The zero-order chi connectivity index (χ0) is 28.1. The van der Waals surface area contributed by atoms with E-state index in [4.69, 9.17) is 14.9 Å². The molecule has 2 rings (SSSR count). The average molecular weight is 527 g/mol. The van der Waals surface area contributed by atoms with Crippen molar-refractivity contribution in [2.24, 2.45) is 23.7 Å². The number of esters is 1. The van der Waals surface area contributed by atoms with Crippen molar-refractivity contribution in [1.29, 1.82) is 0 Å². The first-order chi connectivity index (χ1) is 17.8. The summed E-state index contributed by atoms with van der Waals surface area (Å²) in [6.45, 7) is 8.25. The Morgan fingerprint density at radius 1 is 0.946 bits per heavy atom. The van der Waals surface area contributed by atoms with E-state index in [1.54, 1.807) is 0 Å². The third-order valence-electron chi connectivity index (χ3n) is 7.22. The van der Waals surface area contributed by atoms with E-state index in [-0.39, 0.29) is 48.9 Å². The predicted molar refractivity (Wildman–Crippen MR) is 144 cm³/mol. The third kappa shape index (κ3) is 16.6. The Kier molecular flexibility index (Phi) is 21.0. The molecular weight excluding hydrogens is 476 g/mol. The van der Waals surface area contributed by atoms with Gasteiger partial charge in [-0.1, -0.05) is 45.8 Å². The van der Waals surface area contributed by atoms with Gasteiger partial charge in [0.15, 0.2) is 0 Å². The van der Waals surface area contributed by atoms with Gasteiger partial charge >= 0.3 is 5.97 Å². The number of hydrogen-bond acceptors (Lipinski definition) is 8. The van der Waals surface area contributed by atoms with E-state index in [0.717, 1.165) is 50.7 Å². The maximum absolute atomic E-state index is 11.3. The number of aliphatic hydroxyl groups is 4. The van der Waals surface area contributed by atoms with E-state index >= 15 is 0 Å². The van der Waals surface area contributed by atoms with Gasteiger partial charge in [-0.3, -0.25) is 4.79 Å². The van der Waals surface area contributed by atoms with Crippen molar-refractivity contribution in [2.45, 2.75) is 90.1 Å². The summed E-state index contributed by atoms with van der Waals surface area (Å²) in [4.78, 5) is 31.3. The third-order valence-corrected chi connectivity index (χ3v) is 7.22. The van der Waals surface area contributed by atoms with Gasteiger partial charge in [0.1, 0.15) is 12.6 Å². The first-order valence-corrected chi connectivity index (χ1v) is 13.7. The Balaban J connectivity index is 0.000000594. The molecule has 2 aliphatic carbocycles. The van der Waals surface area contributed by atoms with Crippen LogP contribution in [0, 0.1) is 23.7 Å². The first-order valence-electron chi connectivity index (χ1n) is 13.7. The minimum Gasteiger partial charge on any atom is -0.462 e. The molecule has 0 saturated heterocycles. The average Bonchev–Trinajstić information content (AvgIpc) is 2.94. The maximum Gasteiger partial charge on any atom is 0.335 e. The Bertz CT molecular complexity index is 646. The number of rotatable bonds is 13. The van der Waals surface area contributed by atoms with Crippen LogP contribution < -0.4 is 0 Å². The van der Waals surface area contributed by atoms with Crippen LogP contribution in [0.3, 0.4) is 0 Å². The highest BCUT2D eigenvalue weighted by Gasteiger charge is 2.27. The Labute approximate surface area is 222 Å². The Morgan fingerprint density at radius 3 is 2.00 bits per heavy atom. The molecular formula is C29H50O8. The van der Waals surface area contributed by atoms with E-state index in [1.807, 2.05) is 0 Å². The van der Waals surface area contributed by atoms with Gasteiger partial charge in [-0.05, 0) is 63.2 Å². The van der Waals surface area contributed by atoms with Crippen LogP contribution in [0.2, 0.25) is 0 Å². The molecule has 37 heavy (non-hydrogen) atoms. The van der Waals surface area contributed by atoms with Crippen LogP contribution in [0.1, 0.15) is 84.0 Å². The molecule has 8 heteroatoms. The maximum atomic E-state index is 11.3. The summed E-state index contributed by atoms with van der Waals surface area (Å²) in [5, 5.41) is 35.5. The van der Waals surface area contributed by atoms with Gasteiger partial charge in [0.25, 0.3) is 0 Å². The highest BCUT2D eigenvalue weighted by molar-refractivity contribution is 5.87. The van der Waals surface area contributed by atoms with E-state index < -0.39 is 12.6 Å². The highest BCUT2D eigenvalue weighted by atomic mass is 16.5. The van der Waals surface area contributed by atoms with E-state index in [1.165, 1.54) is 38.5 Å². The lowest BCUT2D eigenvalue weighted by atomic mass is 9.79. The molecule has 4 N–H and O–H groups in total. The summed E-state index contributed by atoms with van der Waals surface area (Å²) in [6.07, 6.45) is 15.0. The summed E-state index contributed by atoms with van der Waals surface area (Å²) in [5.74, 6) is 0.874. The second kappa shape index (κ2) is 22.1. The van der Waals surface area contributed by atoms with Gasteiger partial charge in [-0.2, -0.15) is 0 Å². The number of aldehydes is 2. The zero-order valence-corrected chi connectivity index (χ0v) is 22.7. The molecule has 1 unspecified atom stereocenters. The molecule has 0 amide bonds. The number of carbonyl (C=O) groups is 3. The summed E-state index contributed by atoms with van der Waals surface area (Å²) >= 11 is 0. The normalized spacial score (nSPS) is 23.7. The van der Waals surface area contributed by atoms with Gasteiger partial charge in [-0.25, -0.2) is 4.79 Å². The lowest BCUT2D eigenvalue weighted by molar-refractivity contribution is -0.142. The number of aliphatic hydroxyl groups excluding tert-OH is 4. The highest BCUT2D eigenvalue weighted by Crippen LogP contribution is 2.31. The SMILES string of the molecule is C=C(C=O)CO.C=C(CO)C(=O)OCC(CO)C1CCC(O)CC1.CCCCCC1CCC(C=O)CC1. The molecule has 8 nitrogen and oxygen atoms in total. The van der Waals surface area contributed by atoms with Crippen LogP contribution in [0.5, 0.6) is 0 Å². The van der Waals surface area contributed by atoms with Crippen LogP contribution in [-0.4, -0.2) is 71.5 Å². The molecule has 0 spiro atoms. The van der Waals surface area contributed by atoms with Gasteiger partial charge in [0, 0.05) is 24.0 Å². The van der Waals surface area contributed by atoms with Crippen LogP contribution in [0.25, 0.3) is 0 Å². The molecule has 214 valence electrons. The van der Waals surface area contributed by atoms with Gasteiger partial charge in [0.2, 0.25) is 0 Å². The molecule has 0 bridgehead atoms. The van der Waals surface area contributed by atoms with E-state index in [9.17, 15) is 24.6 Å².